The van der Waals surface area contributed by atoms with Crippen LogP contribution >= 0.6 is 11.8 Å². The second-order valence-corrected chi connectivity index (χ2v) is 8.65. The Balaban J connectivity index is 1.56. The highest BCUT2D eigenvalue weighted by atomic mass is 32.2. The number of halogens is 1. The van der Waals surface area contributed by atoms with Crippen molar-refractivity contribution in [1.82, 2.24) is 19.9 Å². The number of imidazole rings is 1. The molecule has 5 nitrogen and oxygen atoms in total. The van der Waals surface area contributed by atoms with E-state index in [-0.39, 0.29) is 17.8 Å². The molecule has 4 rings (SSSR count). The third kappa shape index (κ3) is 4.99. The molecule has 0 bridgehead atoms. The fourth-order valence-corrected chi connectivity index (χ4v) is 4.32. The van der Waals surface area contributed by atoms with Gasteiger partial charge in [0.25, 0.3) is 5.91 Å². The van der Waals surface area contributed by atoms with Crippen LogP contribution in [0.4, 0.5) is 4.39 Å². The molecular weight excluding hydrogens is 423 g/mol. The fraction of sp³-hybridized carbons (Fsp3) is 0.240. The maximum Gasteiger partial charge on any atom is 0.251 e. The second-order valence-electron chi connectivity index (χ2n) is 7.70. The van der Waals surface area contributed by atoms with E-state index in [0.717, 1.165) is 28.2 Å². The van der Waals surface area contributed by atoms with Gasteiger partial charge in [0.15, 0.2) is 5.16 Å². The third-order valence-corrected chi connectivity index (χ3v) is 6.40. The predicted molar refractivity (Wildman–Crippen MR) is 126 cm³/mol. The number of carbonyl (C=O) groups is 1. The van der Waals surface area contributed by atoms with E-state index in [0.29, 0.717) is 23.4 Å². The Bertz CT molecular complexity index is 1220. The lowest BCUT2D eigenvalue weighted by molar-refractivity contribution is 0.0939. The van der Waals surface area contributed by atoms with Crippen LogP contribution in [0.3, 0.4) is 0 Å². The molecule has 1 atom stereocenters. The lowest BCUT2D eigenvalue weighted by Gasteiger charge is -2.12. The van der Waals surface area contributed by atoms with Crippen LogP contribution in [0.15, 0.2) is 72.1 Å². The first-order valence-electron chi connectivity index (χ1n) is 10.6. The van der Waals surface area contributed by atoms with Crippen molar-refractivity contribution in [3.05, 3.63) is 89.5 Å². The van der Waals surface area contributed by atoms with Gasteiger partial charge >= 0.3 is 0 Å². The van der Waals surface area contributed by atoms with Gasteiger partial charge in [-0.05, 0) is 48.7 Å². The molecular formula is C25H25FN4OS. The molecule has 0 aliphatic carbocycles. The summed E-state index contributed by atoms with van der Waals surface area (Å²) < 4.78 is 16.2. The molecule has 0 fully saturated rings. The normalized spacial score (nSPS) is 12.1. The lowest BCUT2D eigenvalue weighted by atomic mass is 10.1. The lowest BCUT2D eigenvalue weighted by Crippen LogP contribution is -2.31. The summed E-state index contributed by atoms with van der Waals surface area (Å²) in [6, 6.07) is 16.4. The smallest absolute Gasteiger partial charge is 0.251 e. The minimum Gasteiger partial charge on any atom is -0.350 e. The van der Waals surface area contributed by atoms with Gasteiger partial charge < -0.3 is 9.88 Å². The number of carbonyl (C=O) groups excluding carboxylic acids is 1. The highest BCUT2D eigenvalue weighted by molar-refractivity contribution is 7.98. The topological polar surface area (TPSA) is 59.8 Å². The number of nitrogens with zero attached hydrogens (tertiary/aromatic N) is 3. The minimum atomic E-state index is -0.212. The van der Waals surface area contributed by atoms with Crippen LogP contribution < -0.4 is 5.32 Å². The van der Waals surface area contributed by atoms with Crippen molar-refractivity contribution in [2.45, 2.75) is 43.8 Å². The van der Waals surface area contributed by atoms with Gasteiger partial charge in [-0.25, -0.2) is 9.37 Å². The summed E-state index contributed by atoms with van der Waals surface area (Å²) in [7, 11) is 0. The van der Waals surface area contributed by atoms with Crippen LogP contribution in [-0.2, 0) is 12.3 Å². The number of benzene rings is 2. The highest BCUT2D eigenvalue weighted by Crippen LogP contribution is 2.28. The third-order valence-electron chi connectivity index (χ3n) is 5.38. The Hall–Kier alpha value is -3.19. The van der Waals surface area contributed by atoms with Gasteiger partial charge in [0.1, 0.15) is 5.82 Å². The molecule has 1 amide bonds. The zero-order valence-corrected chi connectivity index (χ0v) is 18.9. The Labute approximate surface area is 191 Å². The molecule has 2 heterocycles. The second kappa shape index (κ2) is 9.96. The number of hydrogen-bond donors (Lipinski definition) is 1. The van der Waals surface area contributed by atoms with Crippen molar-refractivity contribution in [3.8, 4) is 0 Å². The number of amides is 1. The average Bonchev–Trinajstić information content (AvgIpc) is 3.16. The van der Waals surface area contributed by atoms with Crippen LogP contribution in [-0.4, -0.2) is 26.5 Å². The van der Waals surface area contributed by atoms with E-state index in [4.69, 9.17) is 4.98 Å². The Kier molecular flexibility index (Phi) is 6.85. The largest absolute Gasteiger partial charge is 0.350 e. The molecule has 4 aromatic rings. The van der Waals surface area contributed by atoms with Gasteiger partial charge in [-0.15, -0.1) is 0 Å². The molecule has 2 aromatic heterocycles. The van der Waals surface area contributed by atoms with Crippen molar-refractivity contribution in [1.29, 1.82) is 0 Å². The Morgan fingerprint density at radius 3 is 2.69 bits per heavy atom. The first-order valence-corrected chi connectivity index (χ1v) is 11.6. The molecule has 0 aliphatic rings. The van der Waals surface area contributed by atoms with Gasteiger partial charge in [-0.2, -0.15) is 0 Å². The zero-order valence-electron chi connectivity index (χ0n) is 18.1. The summed E-state index contributed by atoms with van der Waals surface area (Å²) in [5.74, 6) is 0.206. The fourth-order valence-electron chi connectivity index (χ4n) is 3.32. The van der Waals surface area contributed by atoms with Gasteiger partial charge in [0.05, 0.1) is 23.8 Å². The molecule has 0 radical (unpaired) electrons. The monoisotopic (exact) mass is 448 g/mol. The Morgan fingerprint density at radius 1 is 1.16 bits per heavy atom. The van der Waals surface area contributed by atoms with Gasteiger partial charge in [-0.1, -0.05) is 49.0 Å². The highest BCUT2D eigenvalue weighted by Gasteiger charge is 2.14. The van der Waals surface area contributed by atoms with E-state index in [9.17, 15) is 9.18 Å². The molecule has 164 valence electrons. The molecule has 7 heteroatoms. The van der Waals surface area contributed by atoms with Crippen molar-refractivity contribution in [2.75, 3.05) is 0 Å². The quantitative estimate of drug-likeness (QED) is 0.365. The molecule has 1 N–H and O–H groups in total. The summed E-state index contributed by atoms with van der Waals surface area (Å²) in [6.07, 6.45) is 4.40. The molecule has 0 saturated carbocycles. The maximum atomic E-state index is 14.1. The number of pyridine rings is 1. The summed E-state index contributed by atoms with van der Waals surface area (Å²) in [5, 5.41) is 3.79. The number of rotatable bonds is 8. The zero-order chi connectivity index (χ0) is 22.5. The van der Waals surface area contributed by atoms with E-state index in [1.165, 1.54) is 17.8 Å². The van der Waals surface area contributed by atoms with E-state index in [2.05, 4.69) is 14.9 Å². The number of hydrogen-bond acceptors (Lipinski definition) is 4. The molecule has 32 heavy (non-hydrogen) atoms. The van der Waals surface area contributed by atoms with Gasteiger partial charge in [0, 0.05) is 23.6 Å². The molecule has 2 aromatic carbocycles. The first-order chi connectivity index (χ1) is 15.5. The standard InChI is InChI=1S/C25H25FN4OS/c1-3-17(2)28-24(31)19-10-8-18(9-11-19)15-30-23-14-27-13-12-22(23)29-25(30)32-16-20-6-4-5-7-21(20)26/h4-14,17H,3,15-16H2,1-2H3,(H,28,31)/t17-/m1/s1. The van der Waals surface area contributed by atoms with Crippen molar-refractivity contribution < 1.29 is 9.18 Å². The van der Waals surface area contributed by atoms with Crippen LogP contribution in [0.25, 0.3) is 11.0 Å². The number of nitrogens with one attached hydrogen (secondary N) is 1. The maximum absolute atomic E-state index is 14.1. The summed E-state index contributed by atoms with van der Waals surface area (Å²) in [4.78, 5) is 21.3. The van der Waals surface area contributed by atoms with E-state index in [1.807, 2.05) is 50.2 Å². The Morgan fingerprint density at radius 2 is 1.94 bits per heavy atom. The van der Waals surface area contributed by atoms with Crippen molar-refractivity contribution in [2.24, 2.45) is 0 Å². The van der Waals surface area contributed by atoms with Gasteiger partial charge in [0.2, 0.25) is 0 Å². The van der Waals surface area contributed by atoms with E-state index >= 15 is 0 Å². The predicted octanol–water partition coefficient (Wildman–Crippen LogP) is 5.44. The number of fused-ring (bicyclic) bond motifs is 1. The minimum absolute atomic E-state index is 0.0655. The van der Waals surface area contributed by atoms with Crippen LogP contribution in [0.1, 0.15) is 41.8 Å². The van der Waals surface area contributed by atoms with E-state index in [1.54, 1.807) is 24.5 Å². The average molecular weight is 449 g/mol. The molecule has 0 saturated heterocycles. The van der Waals surface area contributed by atoms with Crippen LogP contribution in [0.5, 0.6) is 0 Å². The first kappa shape index (κ1) is 22.0. The number of aromatic nitrogens is 3. The summed E-state index contributed by atoms with van der Waals surface area (Å²) in [5.41, 5.74) is 4.09. The van der Waals surface area contributed by atoms with Gasteiger partial charge in [-0.3, -0.25) is 9.78 Å². The summed E-state index contributed by atoms with van der Waals surface area (Å²) >= 11 is 1.50. The van der Waals surface area contributed by atoms with Crippen LogP contribution in [0.2, 0.25) is 0 Å². The molecule has 0 aliphatic heterocycles. The SMILES string of the molecule is CC[C@@H](C)NC(=O)c1ccc(Cn2c(SCc3ccccc3F)nc3ccncc32)cc1. The number of thioether (sulfide) groups is 1. The van der Waals surface area contributed by atoms with E-state index < -0.39 is 0 Å². The van der Waals surface area contributed by atoms with Crippen LogP contribution in [0, 0.1) is 5.82 Å². The van der Waals surface area contributed by atoms with Crippen molar-refractivity contribution >= 4 is 28.7 Å². The van der Waals surface area contributed by atoms with Crippen molar-refractivity contribution in [3.63, 3.8) is 0 Å². The molecule has 0 spiro atoms. The summed E-state index contributed by atoms with van der Waals surface area (Å²) in [6.45, 7) is 4.61. The molecule has 0 unspecified atom stereocenters.